The summed E-state index contributed by atoms with van der Waals surface area (Å²) in [5.41, 5.74) is 1.83. The number of ether oxygens (including phenoxy) is 1. The zero-order chi connectivity index (χ0) is 19.8. The van der Waals surface area contributed by atoms with Crippen LogP contribution in [0.1, 0.15) is 39.5 Å². The third-order valence-corrected chi connectivity index (χ3v) is 5.95. The number of benzene rings is 1. The van der Waals surface area contributed by atoms with Crippen molar-refractivity contribution in [1.29, 1.82) is 0 Å². The van der Waals surface area contributed by atoms with Crippen LogP contribution in [0.5, 0.6) is 0 Å². The van der Waals surface area contributed by atoms with Gasteiger partial charge in [0.2, 0.25) is 0 Å². The van der Waals surface area contributed by atoms with Crippen LogP contribution < -0.4 is 10.6 Å². The monoisotopic (exact) mass is 402 g/mol. The van der Waals surface area contributed by atoms with E-state index >= 15 is 0 Å². The summed E-state index contributed by atoms with van der Waals surface area (Å²) in [6.45, 7) is 2.94. The number of hydrogen-bond donors (Lipinski definition) is 2. The Morgan fingerprint density at radius 1 is 1.39 bits per heavy atom. The Morgan fingerprint density at radius 3 is 2.93 bits per heavy atom. The molecule has 0 radical (unpaired) electrons. The zero-order valence-electron chi connectivity index (χ0n) is 15.1. The van der Waals surface area contributed by atoms with Crippen LogP contribution in [0.2, 0.25) is 0 Å². The third-order valence-electron chi connectivity index (χ3n) is 4.81. The van der Waals surface area contributed by atoms with Gasteiger partial charge >= 0.3 is 6.09 Å². The molecule has 146 valence electrons. The lowest BCUT2D eigenvalue weighted by molar-refractivity contribution is -0.385. The first-order valence-corrected chi connectivity index (χ1v) is 9.68. The van der Waals surface area contributed by atoms with E-state index in [9.17, 15) is 19.7 Å². The maximum Gasteiger partial charge on any atom is 0.410 e. The summed E-state index contributed by atoms with van der Waals surface area (Å²) in [6.07, 6.45) is -0.497. The largest absolute Gasteiger partial charge is 0.450 e. The molecule has 10 heteroatoms. The Balaban J connectivity index is 1.64. The van der Waals surface area contributed by atoms with Crippen molar-refractivity contribution in [2.24, 2.45) is 0 Å². The quantitative estimate of drug-likeness (QED) is 0.603. The van der Waals surface area contributed by atoms with E-state index in [2.05, 4.69) is 10.6 Å². The number of thiophene rings is 1. The first-order chi connectivity index (χ1) is 13.5. The maximum atomic E-state index is 12.8. The van der Waals surface area contributed by atoms with Gasteiger partial charge < -0.3 is 20.3 Å². The summed E-state index contributed by atoms with van der Waals surface area (Å²) in [4.78, 5) is 38.2. The minimum absolute atomic E-state index is 0.0569. The fourth-order valence-electron chi connectivity index (χ4n) is 3.54. The standard InChI is InChI=1S/C18H18N4O5S/c1-2-27-18(24)21-8-7-11-13(9-21)28-17-14(11)16(23)19-15(20-17)10-5-3-4-6-12(10)22(25)26/h3-6,15,20H,2,7-9H2,1H3,(H,19,23)/t15-/m0/s1. The average Bonchev–Trinajstić information content (AvgIpc) is 3.06. The van der Waals surface area contributed by atoms with Crippen LogP contribution in [0.3, 0.4) is 0 Å². The molecule has 2 aliphatic heterocycles. The van der Waals surface area contributed by atoms with Gasteiger partial charge in [-0.1, -0.05) is 12.1 Å². The van der Waals surface area contributed by atoms with E-state index in [4.69, 9.17) is 4.74 Å². The Hall–Kier alpha value is -3.14. The molecule has 2 amide bonds. The lowest BCUT2D eigenvalue weighted by atomic mass is 10.00. The summed E-state index contributed by atoms with van der Waals surface area (Å²) in [5, 5.41) is 18.0. The van der Waals surface area contributed by atoms with Crippen molar-refractivity contribution in [1.82, 2.24) is 10.2 Å². The number of anilines is 1. The van der Waals surface area contributed by atoms with E-state index in [0.717, 1.165) is 10.4 Å². The van der Waals surface area contributed by atoms with Crippen molar-refractivity contribution < 1.29 is 19.2 Å². The molecule has 9 nitrogen and oxygen atoms in total. The van der Waals surface area contributed by atoms with Crippen LogP contribution in [-0.4, -0.2) is 35.0 Å². The van der Waals surface area contributed by atoms with E-state index in [1.54, 1.807) is 30.0 Å². The molecule has 0 spiro atoms. The number of hydrogen-bond acceptors (Lipinski definition) is 7. The molecule has 0 saturated heterocycles. The Kier molecular flexibility index (Phi) is 4.63. The zero-order valence-corrected chi connectivity index (χ0v) is 15.9. The molecule has 0 unspecified atom stereocenters. The van der Waals surface area contributed by atoms with Gasteiger partial charge in [-0.05, 0) is 25.0 Å². The number of fused-ring (bicyclic) bond motifs is 3. The van der Waals surface area contributed by atoms with Crippen molar-refractivity contribution in [3.63, 3.8) is 0 Å². The molecule has 0 saturated carbocycles. The molecule has 4 rings (SSSR count). The third kappa shape index (κ3) is 3.05. The number of amides is 2. The molecule has 1 aromatic carbocycles. The number of carbonyl (C=O) groups excluding carboxylic acids is 2. The smallest absolute Gasteiger partial charge is 0.410 e. The van der Waals surface area contributed by atoms with Crippen LogP contribution in [0.4, 0.5) is 15.5 Å². The molecule has 2 aromatic rings. The SMILES string of the molecule is CCOC(=O)N1CCc2c(sc3c2C(=O)N[C@H](c2ccccc2[N+](=O)[O-])N3)C1. The van der Waals surface area contributed by atoms with E-state index in [-0.39, 0.29) is 17.7 Å². The highest BCUT2D eigenvalue weighted by Crippen LogP contribution is 2.41. The highest BCUT2D eigenvalue weighted by molar-refractivity contribution is 7.16. The fraction of sp³-hybridized carbons (Fsp3) is 0.333. The molecule has 28 heavy (non-hydrogen) atoms. The lowest BCUT2D eigenvalue weighted by Gasteiger charge is -2.28. The fourth-order valence-corrected chi connectivity index (χ4v) is 4.83. The van der Waals surface area contributed by atoms with Gasteiger partial charge in [0, 0.05) is 17.5 Å². The lowest BCUT2D eigenvalue weighted by Crippen LogP contribution is -2.39. The van der Waals surface area contributed by atoms with Crippen LogP contribution >= 0.6 is 11.3 Å². The van der Waals surface area contributed by atoms with Gasteiger partial charge in [0.25, 0.3) is 11.6 Å². The molecule has 2 N–H and O–H groups in total. The summed E-state index contributed by atoms with van der Waals surface area (Å²) in [7, 11) is 0. The van der Waals surface area contributed by atoms with Crippen LogP contribution in [0.25, 0.3) is 0 Å². The second kappa shape index (κ2) is 7.12. The molecular formula is C18H18N4O5S. The van der Waals surface area contributed by atoms with Crippen LogP contribution in [0, 0.1) is 10.1 Å². The second-order valence-corrected chi connectivity index (χ2v) is 7.55. The minimum atomic E-state index is -0.692. The van der Waals surface area contributed by atoms with Gasteiger partial charge in [-0.2, -0.15) is 0 Å². The summed E-state index contributed by atoms with van der Waals surface area (Å²) >= 11 is 1.40. The normalized spacial score (nSPS) is 17.8. The molecule has 2 aliphatic rings. The number of rotatable bonds is 3. The second-order valence-electron chi connectivity index (χ2n) is 6.45. The molecule has 0 aliphatic carbocycles. The molecule has 1 aromatic heterocycles. The van der Waals surface area contributed by atoms with Crippen molar-refractivity contribution in [2.45, 2.75) is 26.1 Å². The summed E-state index contributed by atoms with van der Waals surface area (Å²) in [6, 6.07) is 6.32. The van der Waals surface area contributed by atoms with Gasteiger partial charge in [0.1, 0.15) is 11.2 Å². The van der Waals surface area contributed by atoms with E-state index in [1.165, 1.54) is 17.4 Å². The van der Waals surface area contributed by atoms with E-state index < -0.39 is 11.1 Å². The molecule has 1 atom stereocenters. The van der Waals surface area contributed by atoms with Gasteiger partial charge in [0.05, 0.1) is 29.2 Å². The Morgan fingerprint density at radius 2 is 2.18 bits per heavy atom. The van der Waals surface area contributed by atoms with E-state index in [0.29, 0.717) is 42.2 Å². The Bertz CT molecular complexity index is 973. The van der Waals surface area contributed by atoms with Gasteiger partial charge in [-0.3, -0.25) is 14.9 Å². The minimum Gasteiger partial charge on any atom is -0.450 e. The van der Waals surface area contributed by atoms with Crippen molar-refractivity contribution in [3.8, 4) is 0 Å². The summed E-state index contributed by atoms with van der Waals surface area (Å²) in [5.74, 6) is -0.265. The van der Waals surface area contributed by atoms with Crippen molar-refractivity contribution in [3.05, 3.63) is 55.9 Å². The van der Waals surface area contributed by atoms with E-state index in [1.807, 2.05) is 0 Å². The maximum absolute atomic E-state index is 12.8. The molecular weight excluding hydrogens is 384 g/mol. The molecule has 0 bridgehead atoms. The topological polar surface area (TPSA) is 114 Å². The first-order valence-electron chi connectivity index (χ1n) is 8.86. The predicted molar refractivity (Wildman–Crippen MR) is 102 cm³/mol. The summed E-state index contributed by atoms with van der Waals surface area (Å²) < 4.78 is 5.06. The van der Waals surface area contributed by atoms with Crippen molar-refractivity contribution >= 4 is 34.0 Å². The van der Waals surface area contributed by atoms with Crippen LogP contribution in [-0.2, 0) is 17.7 Å². The average molecular weight is 402 g/mol. The number of nitrogens with zero attached hydrogens (tertiary/aromatic N) is 2. The number of nitrogens with one attached hydrogen (secondary N) is 2. The van der Waals surface area contributed by atoms with Gasteiger partial charge in [-0.15, -0.1) is 11.3 Å². The Labute approximate surface area is 164 Å². The van der Waals surface area contributed by atoms with Crippen molar-refractivity contribution in [2.75, 3.05) is 18.5 Å². The van der Waals surface area contributed by atoms with Crippen LogP contribution in [0.15, 0.2) is 24.3 Å². The molecule has 3 heterocycles. The predicted octanol–water partition coefficient (Wildman–Crippen LogP) is 3.03. The first kappa shape index (κ1) is 18.2. The molecule has 0 fully saturated rings. The number of para-hydroxylation sites is 1. The number of carbonyl (C=O) groups is 2. The highest BCUT2D eigenvalue weighted by atomic mass is 32.1. The highest BCUT2D eigenvalue weighted by Gasteiger charge is 2.36. The number of nitro groups is 1. The van der Waals surface area contributed by atoms with Gasteiger partial charge in [0.15, 0.2) is 0 Å². The number of nitro benzene ring substituents is 1. The van der Waals surface area contributed by atoms with Gasteiger partial charge in [-0.25, -0.2) is 4.79 Å².